The minimum atomic E-state index is -3.69. The van der Waals surface area contributed by atoms with Crippen LogP contribution in [0.3, 0.4) is 0 Å². The molecular weight excluding hydrogens is 346 g/mol. The molecule has 0 unspecified atom stereocenters. The topological polar surface area (TPSA) is 110 Å². The fraction of sp³-hybridized carbons (Fsp3) is 0.333. The maximum atomic E-state index is 11.9. The Balaban J connectivity index is 1.88. The molecule has 1 fully saturated rings. The quantitative estimate of drug-likeness (QED) is 0.587. The van der Waals surface area contributed by atoms with Crippen molar-refractivity contribution < 1.29 is 13.3 Å². The van der Waals surface area contributed by atoms with Crippen LogP contribution >= 0.6 is 0 Å². The molecule has 132 valence electrons. The summed E-state index contributed by atoms with van der Waals surface area (Å²) in [5, 5.41) is 19.4. The zero-order valence-corrected chi connectivity index (χ0v) is 14.4. The van der Waals surface area contributed by atoms with Crippen LogP contribution in [0.4, 0.5) is 17.2 Å². The van der Waals surface area contributed by atoms with Gasteiger partial charge in [-0.2, -0.15) is 5.10 Å². The van der Waals surface area contributed by atoms with Gasteiger partial charge in [0.2, 0.25) is 0 Å². The van der Waals surface area contributed by atoms with E-state index in [-0.39, 0.29) is 10.6 Å². The number of aromatic nitrogens is 2. The Morgan fingerprint density at radius 3 is 2.32 bits per heavy atom. The molecule has 3 rings (SSSR count). The Kier molecular flexibility index (Phi) is 4.53. The summed E-state index contributed by atoms with van der Waals surface area (Å²) in [5.74, 6) is 0.751. The first kappa shape index (κ1) is 17.1. The first-order valence-electron chi connectivity index (χ1n) is 7.63. The highest BCUT2D eigenvalue weighted by Crippen LogP contribution is 2.35. The van der Waals surface area contributed by atoms with Crippen molar-refractivity contribution in [1.82, 2.24) is 10.2 Å². The predicted octanol–water partition coefficient (Wildman–Crippen LogP) is 1.11. The third-order valence-corrected chi connectivity index (χ3v) is 5.19. The average molecular weight is 363 g/mol. The smallest absolute Gasteiger partial charge is 0.311 e. The molecule has 1 aliphatic rings. The number of anilines is 2. The van der Waals surface area contributed by atoms with Crippen molar-refractivity contribution in [2.24, 2.45) is 0 Å². The minimum Gasteiger partial charge on any atom is -0.362 e. The number of nitro groups is 1. The largest absolute Gasteiger partial charge is 0.362 e. The molecule has 0 atom stereocenters. The normalized spacial score (nSPS) is 15.2. The molecule has 10 heteroatoms. The summed E-state index contributed by atoms with van der Waals surface area (Å²) in [6, 6.07) is 8.05. The van der Waals surface area contributed by atoms with Gasteiger partial charge in [0.15, 0.2) is 15.7 Å². The maximum absolute atomic E-state index is 11.9. The van der Waals surface area contributed by atoms with Crippen LogP contribution in [0.15, 0.2) is 41.4 Å². The highest BCUT2D eigenvalue weighted by molar-refractivity contribution is 7.90. The van der Waals surface area contributed by atoms with E-state index in [4.69, 9.17) is 0 Å². The van der Waals surface area contributed by atoms with Gasteiger partial charge in [0.1, 0.15) is 10.6 Å². The van der Waals surface area contributed by atoms with Crippen molar-refractivity contribution in [1.29, 1.82) is 0 Å². The van der Waals surface area contributed by atoms with Gasteiger partial charge >= 0.3 is 5.69 Å². The second kappa shape index (κ2) is 6.63. The second-order valence-electron chi connectivity index (χ2n) is 5.71. The van der Waals surface area contributed by atoms with Crippen LogP contribution in [-0.4, -0.2) is 56.0 Å². The molecule has 0 N–H and O–H groups in total. The molecule has 0 radical (unpaired) electrons. The van der Waals surface area contributed by atoms with Gasteiger partial charge < -0.3 is 9.80 Å². The zero-order chi connectivity index (χ0) is 18.0. The van der Waals surface area contributed by atoms with E-state index in [1.807, 2.05) is 15.9 Å². The number of hydrogen-bond acceptors (Lipinski definition) is 8. The van der Waals surface area contributed by atoms with E-state index >= 15 is 0 Å². The van der Waals surface area contributed by atoms with Gasteiger partial charge in [-0.15, -0.1) is 5.10 Å². The van der Waals surface area contributed by atoms with Crippen molar-refractivity contribution in [3.8, 4) is 0 Å². The molecule has 9 nitrogen and oxygen atoms in total. The number of rotatable bonds is 4. The lowest BCUT2D eigenvalue weighted by Crippen LogP contribution is -2.47. The van der Waals surface area contributed by atoms with Crippen molar-refractivity contribution in [2.75, 3.05) is 42.2 Å². The molecule has 0 saturated carbocycles. The fourth-order valence-corrected chi connectivity index (χ4v) is 3.74. The van der Waals surface area contributed by atoms with Crippen LogP contribution in [0.5, 0.6) is 0 Å². The summed E-state index contributed by atoms with van der Waals surface area (Å²) in [5.41, 5.74) is -0.0373. The summed E-state index contributed by atoms with van der Waals surface area (Å²) in [7, 11) is -3.69. The van der Waals surface area contributed by atoms with Gasteiger partial charge in [0.05, 0.1) is 4.92 Å². The van der Waals surface area contributed by atoms with Crippen LogP contribution in [0, 0.1) is 10.1 Å². The monoisotopic (exact) mass is 363 g/mol. The number of benzene rings is 1. The molecular formula is C15H17N5O4S. The summed E-state index contributed by atoms with van der Waals surface area (Å²) >= 11 is 0. The van der Waals surface area contributed by atoms with Crippen LogP contribution < -0.4 is 9.80 Å². The van der Waals surface area contributed by atoms with E-state index < -0.39 is 14.8 Å². The third kappa shape index (κ3) is 3.53. The Morgan fingerprint density at radius 2 is 1.76 bits per heavy atom. The summed E-state index contributed by atoms with van der Waals surface area (Å²) in [6.07, 6.45) is 2.57. The van der Waals surface area contributed by atoms with Gasteiger partial charge in [0.25, 0.3) is 0 Å². The standard InChI is InChI=1S/C15H17N5O4S/c1-25(23,24)13-5-2-4-12(15(13)20(21)22)18-8-10-19(11-9-18)14-6-3-7-16-17-14/h2-7H,8-11H2,1H3. The predicted molar refractivity (Wildman–Crippen MR) is 92.7 cm³/mol. The first-order chi connectivity index (χ1) is 11.9. The van der Waals surface area contributed by atoms with E-state index in [0.717, 1.165) is 12.1 Å². The molecule has 0 bridgehead atoms. The molecule has 2 heterocycles. The number of piperazine rings is 1. The Hall–Kier alpha value is -2.75. The minimum absolute atomic E-state index is 0.258. The molecule has 1 aromatic carbocycles. The van der Waals surface area contributed by atoms with E-state index in [1.54, 1.807) is 18.3 Å². The third-order valence-electron chi connectivity index (χ3n) is 4.06. The molecule has 1 saturated heterocycles. The molecule has 25 heavy (non-hydrogen) atoms. The van der Waals surface area contributed by atoms with Gasteiger partial charge in [0, 0.05) is 38.6 Å². The Bertz CT molecular complexity index is 880. The summed E-state index contributed by atoms with van der Waals surface area (Å²) < 4.78 is 23.8. The highest BCUT2D eigenvalue weighted by atomic mass is 32.2. The lowest BCUT2D eigenvalue weighted by Gasteiger charge is -2.36. The van der Waals surface area contributed by atoms with Crippen molar-refractivity contribution >= 4 is 27.0 Å². The van der Waals surface area contributed by atoms with Gasteiger partial charge in [-0.05, 0) is 24.3 Å². The first-order valence-corrected chi connectivity index (χ1v) is 9.52. The molecule has 1 aromatic heterocycles. The zero-order valence-electron chi connectivity index (χ0n) is 13.6. The molecule has 1 aliphatic heterocycles. The van der Waals surface area contributed by atoms with Gasteiger partial charge in [-0.1, -0.05) is 6.07 Å². The number of nitro benzene ring substituents is 1. The highest BCUT2D eigenvalue weighted by Gasteiger charge is 2.30. The second-order valence-corrected chi connectivity index (χ2v) is 7.69. The Labute approximate surface area is 145 Å². The fourth-order valence-electron chi connectivity index (χ4n) is 2.89. The molecule has 2 aromatic rings. The van der Waals surface area contributed by atoms with Crippen LogP contribution in [-0.2, 0) is 9.84 Å². The van der Waals surface area contributed by atoms with Crippen LogP contribution in [0.2, 0.25) is 0 Å². The van der Waals surface area contributed by atoms with Crippen molar-refractivity contribution in [3.05, 3.63) is 46.6 Å². The average Bonchev–Trinajstić information content (AvgIpc) is 2.61. The van der Waals surface area contributed by atoms with E-state index in [2.05, 4.69) is 10.2 Å². The maximum Gasteiger partial charge on any atom is 0.311 e. The SMILES string of the molecule is CS(=O)(=O)c1cccc(N2CCN(c3cccnn3)CC2)c1[N+](=O)[O-]. The van der Waals surface area contributed by atoms with E-state index in [9.17, 15) is 18.5 Å². The van der Waals surface area contributed by atoms with E-state index in [1.165, 1.54) is 12.1 Å². The number of hydrogen-bond donors (Lipinski definition) is 0. The van der Waals surface area contributed by atoms with Crippen LogP contribution in [0.25, 0.3) is 0 Å². The summed E-state index contributed by atoms with van der Waals surface area (Å²) in [6.45, 7) is 2.26. The van der Waals surface area contributed by atoms with Crippen molar-refractivity contribution in [2.45, 2.75) is 4.90 Å². The molecule has 0 spiro atoms. The van der Waals surface area contributed by atoms with E-state index in [0.29, 0.717) is 31.9 Å². The lowest BCUT2D eigenvalue weighted by atomic mass is 10.2. The van der Waals surface area contributed by atoms with Crippen molar-refractivity contribution in [3.63, 3.8) is 0 Å². The molecule has 0 amide bonds. The van der Waals surface area contributed by atoms with Crippen LogP contribution in [0.1, 0.15) is 0 Å². The lowest BCUT2D eigenvalue weighted by molar-refractivity contribution is -0.387. The number of nitrogens with zero attached hydrogens (tertiary/aromatic N) is 5. The number of sulfone groups is 1. The van der Waals surface area contributed by atoms with Gasteiger partial charge in [-0.25, -0.2) is 8.42 Å². The van der Waals surface area contributed by atoms with Gasteiger partial charge in [-0.3, -0.25) is 10.1 Å². The summed E-state index contributed by atoms with van der Waals surface area (Å²) in [4.78, 5) is 14.5. The molecule has 0 aliphatic carbocycles. The Morgan fingerprint density at radius 1 is 1.08 bits per heavy atom. The number of para-hydroxylation sites is 1.